The van der Waals surface area contributed by atoms with Crippen LogP contribution in [0.3, 0.4) is 0 Å². The molecule has 2 aromatic rings. The molecule has 0 aliphatic rings. The van der Waals surface area contributed by atoms with Crippen molar-refractivity contribution in [1.82, 2.24) is 0 Å². The number of aryl methyl sites for hydroxylation is 2. The van der Waals surface area contributed by atoms with Crippen molar-refractivity contribution in [3.63, 3.8) is 0 Å². The Morgan fingerprint density at radius 1 is 1.03 bits per heavy atom. The van der Waals surface area contributed by atoms with Crippen LogP contribution in [0.15, 0.2) is 36.4 Å². The lowest BCUT2D eigenvalue weighted by atomic mass is 10.1. The summed E-state index contributed by atoms with van der Waals surface area (Å²) in [6.07, 6.45) is -0.611. The lowest BCUT2D eigenvalue weighted by Gasteiger charge is -2.20. The number of benzene rings is 2. The Balaban J connectivity index is 1.93. The Hall–Kier alpha value is -3.09. The van der Waals surface area contributed by atoms with Crippen LogP contribution in [0.4, 0.5) is 20.6 Å². The summed E-state index contributed by atoms with van der Waals surface area (Å²) in [6.45, 7) is 9.24. The van der Waals surface area contributed by atoms with Gasteiger partial charge in [0.25, 0.3) is 0 Å². The van der Waals surface area contributed by atoms with Crippen molar-refractivity contribution < 1.29 is 23.5 Å². The zero-order valence-electron chi connectivity index (χ0n) is 17.4. The normalized spacial score (nSPS) is 11.0. The molecule has 0 saturated carbocycles. The second-order valence-corrected chi connectivity index (χ2v) is 7.69. The molecule has 0 aliphatic carbocycles. The molecule has 0 aromatic heterocycles. The molecule has 0 unspecified atom stereocenters. The van der Waals surface area contributed by atoms with Gasteiger partial charge in [-0.15, -0.1) is 0 Å². The summed E-state index contributed by atoms with van der Waals surface area (Å²) in [5.41, 5.74) is 1.59. The predicted octanol–water partition coefficient (Wildman–Crippen LogP) is 5.20. The lowest BCUT2D eigenvalue weighted by Crippen LogP contribution is -2.27. The van der Waals surface area contributed by atoms with Crippen LogP contribution in [0.2, 0.25) is 0 Å². The number of amides is 2. The van der Waals surface area contributed by atoms with E-state index in [-0.39, 0.29) is 18.7 Å². The molecule has 0 spiro atoms. The Kier molecular flexibility index (Phi) is 7.20. The largest absolute Gasteiger partial charge is 0.493 e. The van der Waals surface area contributed by atoms with Gasteiger partial charge in [0.1, 0.15) is 17.2 Å². The summed E-state index contributed by atoms with van der Waals surface area (Å²) in [6, 6.07) is 9.69. The van der Waals surface area contributed by atoms with Gasteiger partial charge in [0.15, 0.2) is 0 Å². The molecule has 0 aliphatic heterocycles. The fraction of sp³-hybridized carbons (Fsp3) is 0.364. The SMILES string of the molecule is Cc1cccc(C)c1OCCC(=O)Nc1cc(NC(=O)OC(C)(C)C)ccc1F. The summed E-state index contributed by atoms with van der Waals surface area (Å²) in [5, 5.41) is 5.01. The van der Waals surface area contributed by atoms with E-state index in [9.17, 15) is 14.0 Å². The van der Waals surface area contributed by atoms with Gasteiger partial charge >= 0.3 is 6.09 Å². The number of hydrogen-bond donors (Lipinski definition) is 2. The maximum absolute atomic E-state index is 14.0. The third-order valence-corrected chi connectivity index (χ3v) is 3.87. The molecule has 2 amide bonds. The van der Waals surface area contributed by atoms with Gasteiger partial charge in [0, 0.05) is 5.69 Å². The van der Waals surface area contributed by atoms with E-state index in [2.05, 4.69) is 10.6 Å². The summed E-state index contributed by atoms with van der Waals surface area (Å²) in [4.78, 5) is 24.0. The number of carbonyl (C=O) groups excluding carboxylic acids is 2. The molecule has 0 saturated heterocycles. The van der Waals surface area contributed by atoms with Crippen LogP contribution in [0.5, 0.6) is 5.75 Å². The Labute approximate surface area is 170 Å². The van der Waals surface area contributed by atoms with E-state index in [0.29, 0.717) is 5.69 Å². The van der Waals surface area contributed by atoms with E-state index in [4.69, 9.17) is 9.47 Å². The van der Waals surface area contributed by atoms with Gasteiger partial charge in [-0.1, -0.05) is 18.2 Å². The highest BCUT2D eigenvalue weighted by atomic mass is 19.1. The molecule has 2 N–H and O–H groups in total. The molecular weight excluding hydrogens is 375 g/mol. The second kappa shape index (κ2) is 9.41. The summed E-state index contributed by atoms with van der Waals surface area (Å²) < 4.78 is 24.9. The Morgan fingerprint density at radius 3 is 2.31 bits per heavy atom. The molecular formula is C22H27FN2O4. The fourth-order valence-corrected chi connectivity index (χ4v) is 2.61. The van der Waals surface area contributed by atoms with Gasteiger partial charge in [-0.2, -0.15) is 0 Å². The molecule has 0 bridgehead atoms. The third-order valence-electron chi connectivity index (χ3n) is 3.87. The van der Waals surface area contributed by atoms with Crippen LogP contribution in [0, 0.1) is 19.7 Å². The molecule has 0 fully saturated rings. The molecule has 0 atom stereocenters. The molecule has 0 heterocycles. The number of ether oxygens (including phenoxy) is 2. The Morgan fingerprint density at radius 2 is 1.69 bits per heavy atom. The zero-order valence-corrected chi connectivity index (χ0v) is 17.4. The molecule has 0 radical (unpaired) electrons. The van der Waals surface area contributed by atoms with Crippen molar-refractivity contribution in [2.45, 2.75) is 46.6 Å². The van der Waals surface area contributed by atoms with Crippen molar-refractivity contribution in [2.24, 2.45) is 0 Å². The van der Waals surface area contributed by atoms with Gasteiger partial charge < -0.3 is 14.8 Å². The third kappa shape index (κ3) is 7.10. The molecule has 2 aromatic carbocycles. The van der Waals surface area contributed by atoms with Crippen molar-refractivity contribution in [2.75, 3.05) is 17.2 Å². The van der Waals surface area contributed by atoms with E-state index in [0.717, 1.165) is 22.9 Å². The van der Waals surface area contributed by atoms with Gasteiger partial charge in [-0.05, 0) is 63.9 Å². The summed E-state index contributed by atoms with van der Waals surface area (Å²) >= 11 is 0. The minimum Gasteiger partial charge on any atom is -0.493 e. The predicted molar refractivity (Wildman–Crippen MR) is 111 cm³/mol. The number of para-hydroxylation sites is 1. The van der Waals surface area contributed by atoms with Gasteiger partial charge in [-0.25, -0.2) is 9.18 Å². The standard InChI is InChI=1S/C22H27FN2O4/c1-14-7-6-8-15(2)20(14)28-12-11-19(26)25-18-13-16(9-10-17(18)23)24-21(27)29-22(3,4)5/h6-10,13H,11-12H2,1-5H3,(H,24,27)(H,25,26). The monoisotopic (exact) mass is 402 g/mol. The topological polar surface area (TPSA) is 76.7 Å². The van der Waals surface area contributed by atoms with Crippen LogP contribution < -0.4 is 15.4 Å². The molecule has 6 nitrogen and oxygen atoms in total. The highest BCUT2D eigenvalue weighted by Crippen LogP contribution is 2.23. The molecule has 156 valence electrons. The van der Waals surface area contributed by atoms with Crippen molar-refractivity contribution in [1.29, 1.82) is 0 Å². The Bertz CT molecular complexity index is 871. The maximum Gasteiger partial charge on any atom is 0.412 e. The van der Waals surface area contributed by atoms with Crippen molar-refractivity contribution >= 4 is 23.4 Å². The smallest absolute Gasteiger partial charge is 0.412 e. The number of rotatable bonds is 6. The van der Waals surface area contributed by atoms with Crippen LogP contribution in [-0.2, 0) is 9.53 Å². The molecule has 29 heavy (non-hydrogen) atoms. The van der Waals surface area contributed by atoms with E-state index in [1.807, 2.05) is 32.0 Å². The average Bonchev–Trinajstić information content (AvgIpc) is 2.59. The molecule has 2 rings (SSSR count). The van der Waals surface area contributed by atoms with E-state index >= 15 is 0 Å². The van der Waals surface area contributed by atoms with Crippen LogP contribution in [-0.4, -0.2) is 24.2 Å². The summed E-state index contributed by atoms with van der Waals surface area (Å²) in [7, 11) is 0. The highest BCUT2D eigenvalue weighted by molar-refractivity contribution is 5.92. The van der Waals surface area contributed by atoms with Crippen LogP contribution in [0.25, 0.3) is 0 Å². The number of anilines is 2. The van der Waals surface area contributed by atoms with E-state index in [1.54, 1.807) is 20.8 Å². The maximum atomic E-state index is 14.0. The van der Waals surface area contributed by atoms with E-state index < -0.39 is 23.4 Å². The minimum absolute atomic E-state index is 0.0318. The van der Waals surface area contributed by atoms with Crippen molar-refractivity contribution in [3.8, 4) is 5.75 Å². The average molecular weight is 402 g/mol. The fourth-order valence-electron chi connectivity index (χ4n) is 2.61. The lowest BCUT2D eigenvalue weighted by molar-refractivity contribution is -0.116. The zero-order chi connectivity index (χ0) is 21.6. The van der Waals surface area contributed by atoms with Gasteiger partial charge in [-0.3, -0.25) is 10.1 Å². The first kappa shape index (κ1) is 22.2. The van der Waals surface area contributed by atoms with Crippen LogP contribution >= 0.6 is 0 Å². The minimum atomic E-state index is -0.664. The first-order chi connectivity index (χ1) is 13.5. The number of carbonyl (C=O) groups is 2. The first-order valence-electron chi connectivity index (χ1n) is 9.33. The van der Waals surface area contributed by atoms with Crippen molar-refractivity contribution in [3.05, 3.63) is 53.3 Å². The second-order valence-electron chi connectivity index (χ2n) is 7.69. The van der Waals surface area contributed by atoms with Gasteiger partial charge in [0.05, 0.1) is 18.7 Å². The number of halogens is 1. The quantitative estimate of drug-likeness (QED) is 0.696. The molecule has 7 heteroatoms. The summed E-state index contributed by atoms with van der Waals surface area (Å²) in [5.74, 6) is -0.261. The number of hydrogen-bond acceptors (Lipinski definition) is 4. The van der Waals surface area contributed by atoms with Crippen LogP contribution in [0.1, 0.15) is 38.3 Å². The highest BCUT2D eigenvalue weighted by Gasteiger charge is 2.17. The first-order valence-corrected chi connectivity index (χ1v) is 9.33. The number of nitrogens with one attached hydrogen (secondary N) is 2. The van der Waals surface area contributed by atoms with Gasteiger partial charge in [0.2, 0.25) is 5.91 Å². The van der Waals surface area contributed by atoms with E-state index in [1.165, 1.54) is 12.1 Å².